The first-order valence-electron chi connectivity index (χ1n) is 7.42. The SMILES string of the molecule is CC(=O)c1ccc2c(c1)CC(C)[C@H](C1CC1)N2C(C)=O. The Morgan fingerprint density at radius 3 is 2.45 bits per heavy atom. The van der Waals surface area contributed by atoms with Crippen molar-refractivity contribution in [2.45, 2.75) is 46.1 Å². The fourth-order valence-electron chi connectivity index (χ4n) is 3.58. The second-order valence-electron chi connectivity index (χ2n) is 6.30. The number of anilines is 1. The van der Waals surface area contributed by atoms with Gasteiger partial charge in [0, 0.05) is 24.2 Å². The van der Waals surface area contributed by atoms with E-state index < -0.39 is 0 Å². The number of Topliss-reactive ketones (excluding diaryl/α,β-unsaturated/α-hetero) is 1. The Kier molecular flexibility index (Phi) is 3.15. The summed E-state index contributed by atoms with van der Waals surface area (Å²) in [6.07, 6.45) is 3.43. The maximum absolute atomic E-state index is 12.1. The van der Waals surface area contributed by atoms with Gasteiger partial charge in [-0.2, -0.15) is 0 Å². The zero-order chi connectivity index (χ0) is 14.4. The first-order valence-corrected chi connectivity index (χ1v) is 7.42. The van der Waals surface area contributed by atoms with Crippen LogP contribution in [0.1, 0.15) is 49.5 Å². The number of carbonyl (C=O) groups is 2. The molecular weight excluding hydrogens is 250 g/mol. The molecule has 1 aromatic rings. The number of carbonyl (C=O) groups excluding carboxylic acids is 2. The van der Waals surface area contributed by atoms with Crippen LogP contribution in [0.3, 0.4) is 0 Å². The van der Waals surface area contributed by atoms with Gasteiger partial charge in [-0.25, -0.2) is 0 Å². The molecule has 0 spiro atoms. The molecule has 0 bridgehead atoms. The van der Waals surface area contributed by atoms with Gasteiger partial charge in [-0.3, -0.25) is 9.59 Å². The van der Waals surface area contributed by atoms with Crippen molar-refractivity contribution >= 4 is 17.4 Å². The van der Waals surface area contributed by atoms with Gasteiger partial charge in [-0.05, 0) is 61.8 Å². The van der Waals surface area contributed by atoms with Crippen LogP contribution in [-0.2, 0) is 11.2 Å². The maximum Gasteiger partial charge on any atom is 0.224 e. The van der Waals surface area contributed by atoms with E-state index in [9.17, 15) is 9.59 Å². The predicted molar refractivity (Wildman–Crippen MR) is 79.0 cm³/mol. The fourth-order valence-corrected chi connectivity index (χ4v) is 3.58. The molecular formula is C17H21NO2. The average Bonchev–Trinajstić information content (AvgIpc) is 3.20. The third kappa shape index (κ3) is 2.15. The molecule has 0 N–H and O–H groups in total. The van der Waals surface area contributed by atoms with Crippen molar-refractivity contribution in [3.63, 3.8) is 0 Å². The van der Waals surface area contributed by atoms with E-state index in [1.54, 1.807) is 13.8 Å². The van der Waals surface area contributed by atoms with Crippen molar-refractivity contribution in [1.29, 1.82) is 0 Å². The summed E-state index contributed by atoms with van der Waals surface area (Å²) >= 11 is 0. The molecule has 1 aliphatic heterocycles. The molecule has 1 unspecified atom stereocenters. The number of rotatable bonds is 2. The summed E-state index contributed by atoms with van der Waals surface area (Å²) in [7, 11) is 0. The van der Waals surface area contributed by atoms with Gasteiger partial charge in [-0.1, -0.05) is 6.92 Å². The van der Waals surface area contributed by atoms with Crippen molar-refractivity contribution in [2.24, 2.45) is 11.8 Å². The lowest BCUT2D eigenvalue weighted by atomic mass is 9.83. The lowest BCUT2D eigenvalue weighted by Crippen LogP contribution is -2.48. The molecule has 1 amide bonds. The second-order valence-corrected chi connectivity index (χ2v) is 6.30. The van der Waals surface area contributed by atoms with Crippen LogP contribution in [0.4, 0.5) is 5.69 Å². The van der Waals surface area contributed by atoms with E-state index in [2.05, 4.69) is 6.92 Å². The average molecular weight is 271 g/mol. The maximum atomic E-state index is 12.1. The summed E-state index contributed by atoms with van der Waals surface area (Å²) < 4.78 is 0. The van der Waals surface area contributed by atoms with Crippen molar-refractivity contribution in [3.05, 3.63) is 29.3 Å². The highest BCUT2D eigenvalue weighted by Crippen LogP contribution is 2.45. The van der Waals surface area contributed by atoms with E-state index in [0.29, 0.717) is 17.9 Å². The second kappa shape index (κ2) is 4.72. The molecule has 0 radical (unpaired) electrons. The van der Waals surface area contributed by atoms with Gasteiger partial charge in [0.1, 0.15) is 0 Å². The van der Waals surface area contributed by atoms with E-state index in [1.807, 2.05) is 23.1 Å². The van der Waals surface area contributed by atoms with Crippen LogP contribution in [0.25, 0.3) is 0 Å². The normalized spacial score (nSPS) is 25.2. The first-order chi connectivity index (χ1) is 9.49. The molecule has 1 heterocycles. The monoisotopic (exact) mass is 271 g/mol. The van der Waals surface area contributed by atoms with Gasteiger partial charge >= 0.3 is 0 Å². The van der Waals surface area contributed by atoms with E-state index in [0.717, 1.165) is 23.2 Å². The largest absolute Gasteiger partial charge is 0.309 e. The molecule has 3 rings (SSSR count). The molecule has 0 saturated heterocycles. The van der Waals surface area contributed by atoms with Crippen molar-refractivity contribution in [1.82, 2.24) is 0 Å². The van der Waals surface area contributed by atoms with Crippen LogP contribution in [0, 0.1) is 11.8 Å². The van der Waals surface area contributed by atoms with Crippen molar-refractivity contribution in [2.75, 3.05) is 4.90 Å². The number of fused-ring (bicyclic) bond motifs is 1. The highest BCUT2D eigenvalue weighted by molar-refractivity contribution is 5.97. The van der Waals surface area contributed by atoms with E-state index in [1.165, 1.54) is 12.8 Å². The van der Waals surface area contributed by atoms with Gasteiger partial charge in [0.15, 0.2) is 5.78 Å². The number of hydrogen-bond acceptors (Lipinski definition) is 2. The third-order valence-electron chi connectivity index (χ3n) is 4.61. The van der Waals surface area contributed by atoms with Crippen LogP contribution in [0.15, 0.2) is 18.2 Å². The molecule has 3 heteroatoms. The van der Waals surface area contributed by atoms with Gasteiger partial charge in [-0.15, -0.1) is 0 Å². The van der Waals surface area contributed by atoms with E-state index >= 15 is 0 Å². The molecule has 1 aromatic carbocycles. The van der Waals surface area contributed by atoms with Crippen LogP contribution < -0.4 is 4.90 Å². The van der Waals surface area contributed by atoms with Crippen LogP contribution in [0.5, 0.6) is 0 Å². The highest BCUT2D eigenvalue weighted by Gasteiger charge is 2.43. The number of ketones is 1. The molecule has 0 aromatic heterocycles. The summed E-state index contributed by atoms with van der Waals surface area (Å²) in [6, 6.07) is 6.10. The zero-order valence-corrected chi connectivity index (χ0v) is 12.3. The number of benzene rings is 1. The molecule has 20 heavy (non-hydrogen) atoms. The first kappa shape index (κ1) is 13.3. The van der Waals surface area contributed by atoms with E-state index in [-0.39, 0.29) is 11.7 Å². The Morgan fingerprint density at radius 2 is 1.90 bits per heavy atom. The number of amides is 1. The molecule has 2 atom stereocenters. The van der Waals surface area contributed by atoms with Gasteiger partial charge in [0.25, 0.3) is 0 Å². The molecule has 1 fully saturated rings. The smallest absolute Gasteiger partial charge is 0.224 e. The Morgan fingerprint density at radius 1 is 1.20 bits per heavy atom. The molecule has 2 aliphatic rings. The fraction of sp³-hybridized carbons (Fsp3) is 0.529. The standard InChI is InChI=1S/C17H21NO2/c1-10-8-15-9-14(11(2)19)6-7-16(15)18(12(3)20)17(10)13-4-5-13/h6-7,9-10,13,17H,4-5,8H2,1-3H3/t10?,17-/m1/s1. The lowest BCUT2D eigenvalue weighted by molar-refractivity contribution is -0.117. The highest BCUT2D eigenvalue weighted by atomic mass is 16.2. The Labute approximate surface area is 120 Å². The van der Waals surface area contributed by atoms with Gasteiger partial charge in [0.05, 0.1) is 0 Å². The topological polar surface area (TPSA) is 37.4 Å². The molecule has 3 nitrogen and oxygen atoms in total. The summed E-state index contributed by atoms with van der Waals surface area (Å²) in [4.78, 5) is 25.6. The van der Waals surface area contributed by atoms with Crippen molar-refractivity contribution in [3.8, 4) is 0 Å². The summed E-state index contributed by atoms with van der Waals surface area (Å²) in [5.41, 5.74) is 2.89. The van der Waals surface area contributed by atoms with Crippen LogP contribution in [0.2, 0.25) is 0 Å². The van der Waals surface area contributed by atoms with Crippen LogP contribution >= 0.6 is 0 Å². The predicted octanol–water partition coefficient (Wildman–Crippen LogP) is 3.21. The minimum Gasteiger partial charge on any atom is -0.309 e. The minimum absolute atomic E-state index is 0.0825. The van der Waals surface area contributed by atoms with Gasteiger partial charge in [0.2, 0.25) is 5.91 Å². The zero-order valence-electron chi connectivity index (χ0n) is 12.3. The summed E-state index contributed by atoms with van der Waals surface area (Å²) in [6.45, 7) is 5.46. The van der Waals surface area contributed by atoms with Crippen LogP contribution in [-0.4, -0.2) is 17.7 Å². The van der Waals surface area contributed by atoms with Crippen molar-refractivity contribution < 1.29 is 9.59 Å². The molecule has 106 valence electrons. The van der Waals surface area contributed by atoms with E-state index in [4.69, 9.17) is 0 Å². The molecule has 1 aliphatic carbocycles. The third-order valence-corrected chi connectivity index (χ3v) is 4.61. The quantitative estimate of drug-likeness (QED) is 0.775. The van der Waals surface area contributed by atoms with Gasteiger partial charge < -0.3 is 4.90 Å². The Hall–Kier alpha value is -1.64. The minimum atomic E-state index is 0.0825. The Balaban J connectivity index is 2.06. The summed E-state index contributed by atoms with van der Waals surface area (Å²) in [5.74, 6) is 1.32. The summed E-state index contributed by atoms with van der Waals surface area (Å²) in [5, 5.41) is 0. The molecule has 1 saturated carbocycles. The number of nitrogens with zero attached hydrogens (tertiary/aromatic N) is 1. The lowest BCUT2D eigenvalue weighted by Gasteiger charge is -2.41. The Bertz CT molecular complexity index is 574. The number of hydrogen-bond donors (Lipinski definition) is 0.